The summed E-state index contributed by atoms with van der Waals surface area (Å²) in [4.78, 5) is 11.9. The van der Waals surface area contributed by atoms with E-state index in [-0.39, 0.29) is 25.2 Å². The summed E-state index contributed by atoms with van der Waals surface area (Å²) in [5.41, 5.74) is 0.474. The largest absolute Gasteiger partial charge is 0.390 e. The first-order chi connectivity index (χ1) is 10.3. The molecule has 0 radical (unpaired) electrons. The molecule has 1 fully saturated rings. The van der Waals surface area contributed by atoms with Crippen molar-refractivity contribution < 1.29 is 14.6 Å². The lowest BCUT2D eigenvalue weighted by Crippen LogP contribution is -2.20. The highest BCUT2D eigenvalue weighted by Gasteiger charge is 2.22. The smallest absolute Gasteiger partial charge is 0.248 e. The molecule has 21 heavy (non-hydrogen) atoms. The van der Waals surface area contributed by atoms with E-state index in [1.54, 1.807) is 0 Å². The minimum Gasteiger partial charge on any atom is -0.390 e. The summed E-state index contributed by atoms with van der Waals surface area (Å²) in [5, 5.41) is 28.3. The summed E-state index contributed by atoms with van der Waals surface area (Å²) in [6.45, 7) is 0.481. The Morgan fingerprint density at radius 1 is 1.57 bits per heavy atom. The number of hydrogen-bond donors (Lipinski definition) is 2. The normalized spacial score (nSPS) is 18.0. The van der Waals surface area contributed by atoms with Crippen LogP contribution in [0.3, 0.4) is 0 Å². The van der Waals surface area contributed by atoms with E-state index in [0.29, 0.717) is 10.8 Å². The molecule has 0 spiro atoms. The minimum atomic E-state index is -0.301. The number of amides is 1. The van der Waals surface area contributed by atoms with E-state index in [9.17, 15) is 4.79 Å². The molecule has 0 bridgehead atoms. The third kappa shape index (κ3) is 3.23. The standard InChI is InChI=1S/C11H14N6O3S/c18-6-7-4-12-16-17(7)5-9(19)13-11-15-14-10(21-11)8-2-1-3-20-8/h4,8,18H,1-3,5-6H2,(H,13,15,19). The number of nitrogens with zero attached hydrogens (tertiary/aromatic N) is 5. The Bertz CT molecular complexity index is 621. The molecule has 3 heterocycles. The second-order valence-corrected chi connectivity index (χ2v) is 5.55. The highest BCUT2D eigenvalue weighted by atomic mass is 32.1. The predicted octanol–water partition coefficient (Wildman–Crippen LogP) is 0.112. The summed E-state index contributed by atoms with van der Waals surface area (Å²) in [7, 11) is 0. The number of anilines is 1. The molecule has 0 aromatic carbocycles. The maximum absolute atomic E-state index is 11.9. The van der Waals surface area contributed by atoms with Crippen LogP contribution in [0.4, 0.5) is 5.13 Å². The lowest BCUT2D eigenvalue weighted by molar-refractivity contribution is -0.117. The van der Waals surface area contributed by atoms with Gasteiger partial charge in [-0.1, -0.05) is 16.6 Å². The molecule has 3 rings (SSSR count). The molecular formula is C11H14N6O3S. The number of hydrogen-bond acceptors (Lipinski definition) is 8. The second kappa shape index (κ2) is 6.24. The van der Waals surface area contributed by atoms with Gasteiger partial charge in [-0.2, -0.15) is 0 Å². The first-order valence-corrected chi connectivity index (χ1v) is 7.31. The predicted molar refractivity (Wildman–Crippen MR) is 72.4 cm³/mol. The molecule has 2 aromatic heterocycles. The van der Waals surface area contributed by atoms with E-state index in [1.807, 2.05) is 0 Å². The second-order valence-electron chi connectivity index (χ2n) is 4.54. The summed E-state index contributed by atoms with van der Waals surface area (Å²) >= 11 is 1.31. The van der Waals surface area contributed by atoms with Gasteiger partial charge in [0, 0.05) is 6.61 Å². The zero-order valence-electron chi connectivity index (χ0n) is 11.1. The van der Waals surface area contributed by atoms with Crippen LogP contribution in [0, 0.1) is 0 Å². The Morgan fingerprint density at radius 3 is 3.24 bits per heavy atom. The Balaban J connectivity index is 1.59. The number of nitrogens with one attached hydrogen (secondary N) is 1. The number of ether oxygens (including phenoxy) is 1. The van der Waals surface area contributed by atoms with Gasteiger partial charge in [-0.3, -0.25) is 10.1 Å². The van der Waals surface area contributed by atoms with Gasteiger partial charge in [-0.05, 0) is 12.8 Å². The van der Waals surface area contributed by atoms with Crippen molar-refractivity contribution in [2.24, 2.45) is 0 Å². The van der Waals surface area contributed by atoms with Gasteiger partial charge in [0.2, 0.25) is 11.0 Å². The number of rotatable bonds is 5. The highest BCUT2D eigenvalue weighted by Crippen LogP contribution is 2.31. The maximum atomic E-state index is 11.9. The van der Waals surface area contributed by atoms with Gasteiger partial charge in [0.05, 0.1) is 18.5 Å². The van der Waals surface area contributed by atoms with E-state index in [2.05, 4.69) is 25.8 Å². The number of carbonyl (C=O) groups is 1. The van der Waals surface area contributed by atoms with Crippen molar-refractivity contribution in [1.82, 2.24) is 25.2 Å². The van der Waals surface area contributed by atoms with Crippen LogP contribution in [0.5, 0.6) is 0 Å². The topological polar surface area (TPSA) is 115 Å². The summed E-state index contributed by atoms with van der Waals surface area (Å²) < 4.78 is 6.85. The molecule has 1 unspecified atom stereocenters. The fourth-order valence-corrected chi connectivity index (χ4v) is 2.86. The molecular weight excluding hydrogens is 296 g/mol. The number of aliphatic hydroxyl groups excluding tert-OH is 1. The SMILES string of the molecule is O=C(Cn1nncc1CO)Nc1nnc(C2CCCO2)s1. The van der Waals surface area contributed by atoms with Crippen LogP contribution in [0.1, 0.15) is 29.6 Å². The molecule has 1 atom stereocenters. The summed E-state index contributed by atoms with van der Waals surface area (Å²) in [6, 6.07) is 0. The van der Waals surface area contributed by atoms with Crippen molar-refractivity contribution in [2.45, 2.75) is 32.1 Å². The lowest BCUT2D eigenvalue weighted by Gasteiger charge is -2.04. The van der Waals surface area contributed by atoms with Crippen molar-refractivity contribution in [3.8, 4) is 0 Å². The van der Waals surface area contributed by atoms with E-state index >= 15 is 0 Å². The van der Waals surface area contributed by atoms with Gasteiger partial charge in [-0.15, -0.1) is 15.3 Å². The molecule has 1 aliphatic rings. The summed E-state index contributed by atoms with van der Waals surface area (Å²) in [5.74, 6) is -0.301. The van der Waals surface area contributed by atoms with Crippen LogP contribution in [0.15, 0.2) is 6.20 Å². The molecule has 0 aliphatic carbocycles. The van der Waals surface area contributed by atoms with Crippen LogP contribution in [0.25, 0.3) is 0 Å². The first kappa shape index (κ1) is 14.0. The van der Waals surface area contributed by atoms with Crippen LogP contribution >= 0.6 is 11.3 Å². The van der Waals surface area contributed by atoms with Crippen molar-refractivity contribution in [3.63, 3.8) is 0 Å². The molecule has 10 heteroatoms. The zero-order chi connectivity index (χ0) is 14.7. The summed E-state index contributed by atoms with van der Waals surface area (Å²) in [6.07, 6.45) is 3.35. The number of carbonyl (C=O) groups excluding carboxylic acids is 1. The first-order valence-electron chi connectivity index (χ1n) is 6.49. The highest BCUT2D eigenvalue weighted by molar-refractivity contribution is 7.15. The molecule has 112 valence electrons. The third-order valence-corrected chi connectivity index (χ3v) is 3.98. The van der Waals surface area contributed by atoms with Crippen molar-refractivity contribution in [3.05, 3.63) is 16.9 Å². The quantitative estimate of drug-likeness (QED) is 0.805. The Morgan fingerprint density at radius 2 is 2.48 bits per heavy atom. The molecule has 9 nitrogen and oxygen atoms in total. The van der Waals surface area contributed by atoms with E-state index in [0.717, 1.165) is 24.5 Å². The monoisotopic (exact) mass is 310 g/mol. The fraction of sp³-hybridized carbons (Fsp3) is 0.545. The Kier molecular flexibility index (Phi) is 4.18. The fourth-order valence-electron chi connectivity index (χ4n) is 2.02. The van der Waals surface area contributed by atoms with Crippen molar-refractivity contribution in [2.75, 3.05) is 11.9 Å². The van der Waals surface area contributed by atoms with Crippen LogP contribution in [0.2, 0.25) is 0 Å². The Hall–Kier alpha value is -1.91. The number of aromatic nitrogens is 5. The average molecular weight is 310 g/mol. The van der Waals surface area contributed by atoms with Crippen LogP contribution in [-0.2, 0) is 22.7 Å². The zero-order valence-corrected chi connectivity index (χ0v) is 11.9. The van der Waals surface area contributed by atoms with Gasteiger partial charge in [0.1, 0.15) is 17.7 Å². The van der Waals surface area contributed by atoms with Gasteiger partial charge < -0.3 is 9.84 Å². The Labute approximate surface area is 123 Å². The molecule has 1 saturated heterocycles. The van der Waals surface area contributed by atoms with Gasteiger partial charge in [0.25, 0.3) is 0 Å². The van der Waals surface area contributed by atoms with Crippen molar-refractivity contribution >= 4 is 22.4 Å². The van der Waals surface area contributed by atoms with Gasteiger partial charge in [0.15, 0.2) is 0 Å². The van der Waals surface area contributed by atoms with Crippen LogP contribution < -0.4 is 5.32 Å². The molecule has 1 aliphatic heterocycles. The minimum absolute atomic E-state index is 0.00976. The van der Waals surface area contributed by atoms with Gasteiger partial charge >= 0.3 is 0 Å². The maximum Gasteiger partial charge on any atom is 0.248 e. The average Bonchev–Trinajstić information content (AvgIpc) is 3.19. The molecule has 1 amide bonds. The van der Waals surface area contributed by atoms with Crippen molar-refractivity contribution in [1.29, 1.82) is 0 Å². The van der Waals surface area contributed by atoms with E-state index < -0.39 is 0 Å². The van der Waals surface area contributed by atoms with Gasteiger partial charge in [-0.25, -0.2) is 4.68 Å². The molecule has 2 N–H and O–H groups in total. The number of aliphatic hydroxyl groups is 1. The molecule has 2 aromatic rings. The van der Waals surface area contributed by atoms with E-state index in [1.165, 1.54) is 22.2 Å². The third-order valence-electron chi connectivity index (χ3n) is 3.05. The molecule has 0 saturated carbocycles. The van der Waals surface area contributed by atoms with Crippen LogP contribution in [-0.4, -0.2) is 42.8 Å². The van der Waals surface area contributed by atoms with E-state index in [4.69, 9.17) is 9.84 Å². The lowest BCUT2D eigenvalue weighted by atomic mass is 10.2.